The van der Waals surface area contributed by atoms with Gasteiger partial charge in [-0.1, -0.05) is 0 Å². The van der Waals surface area contributed by atoms with E-state index in [1.807, 2.05) is 0 Å². The number of ether oxygens (including phenoxy) is 4. The summed E-state index contributed by atoms with van der Waals surface area (Å²) in [5.74, 6) is -26.9. The fourth-order valence-corrected chi connectivity index (χ4v) is 4.39. The normalized spacial score (nSPS) is 14.3. The van der Waals surface area contributed by atoms with Crippen LogP contribution in [0.2, 0.25) is 0 Å². The number of rotatable bonds is 2. The van der Waals surface area contributed by atoms with Crippen molar-refractivity contribution in [3.05, 3.63) is 80.9 Å². The minimum Gasteiger partial charge on any atom is -0.450 e. The van der Waals surface area contributed by atoms with Crippen molar-refractivity contribution in [3.63, 3.8) is 0 Å². The Hall–Kier alpha value is -4.69. The van der Waals surface area contributed by atoms with Crippen molar-refractivity contribution >= 4 is 17.9 Å². The third-order valence-corrected chi connectivity index (χ3v) is 5.79. The summed E-state index contributed by atoms with van der Waals surface area (Å²) in [6, 6.07) is 0.437. The lowest BCUT2D eigenvalue weighted by Gasteiger charge is -2.37. The summed E-state index contributed by atoms with van der Waals surface area (Å²) in [6.45, 7) is 1.49. The van der Waals surface area contributed by atoms with Gasteiger partial charge in [-0.2, -0.15) is 8.78 Å². The van der Waals surface area contributed by atoms with Crippen LogP contribution in [0.5, 0.6) is 23.0 Å². The van der Waals surface area contributed by atoms with E-state index in [1.165, 1.54) is 0 Å². The number of hydrogen-bond acceptors (Lipinski definition) is 7. The molecular weight excluding hydrogens is 552 g/mol. The number of benzene rings is 3. The second-order valence-corrected chi connectivity index (χ2v) is 8.12. The molecule has 3 aromatic carbocycles. The van der Waals surface area contributed by atoms with E-state index in [9.17, 15) is 36.3 Å². The number of esters is 3. The van der Waals surface area contributed by atoms with Gasteiger partial charge >= 0.3 is 17.9 Å². The lowest BCUT2D eigenvalue weighted by Crippen LogP contribution is -2.35. The van der Waals surface area contributed by atoms with Crippen LogP contribution in [0.3, 0.4) is 0 Å². The number of hydrogen-bond donors (Lipinski definition) is 0. The predicted molar refractivity (Wildman–Crippen MR) is 107 cm³/mol. The van der Waals surface area contributed by atoms with Gasteiger partial charge in [0.05, 0.1) is 16.7 Å². The Morgan fingerprint density at radius 1 is 0.692 bits per heavy atom. The van der Waals surface area contributed by atoms with Crippen molar-refractivity contribution < 1.29 is 68.5 Å². The van der Waals surface area contributed by atoms with E-state index < -0.39 is 115 Å². The molecule has 0 aliphatic carbocycles. The zero-order valence-electron chi connectivity index (χ0n) is 19.0. The molecule has 0 saturated heterocycles. The first kappa shape index (κ1) is 25.9. The molecule has 0 amide bonds. The summed E-state index contributed by atoms with van der Waals surface area (Å²) in [5, 5.41) is 0. The van der Waals surface area contributed by atoms with Crippen molar-refractivity contribution in [1.82, 2.24) is 0 Å². The van der Waals surface area contributed by atoms with Gasteiger partial charge in [0, 0.05) is 13.8 Å². The van der Waals surface area contributed by atoms with Crippen molar-refractivity contribution in [2.24, 2.45) is 0 Å². The summed E-state index contributed by atoms with van der Waals surface area (Å²) in [6.07, 6.45) is 0. The molecule has 5 rings (SSSR count). The van der Waals surface area contributed by atoms with E-state index in [2.05, 4.69) is 9.47 Å². The Bertz CT molecular complexity index is 1610. The second-order valence-electron chi connectivity index (χ2n) is 8.12. The van der Waals surface area contributed by atoms with Gasteiger partial charge in [-0.3, -0.25) is 9.59 Å². The van der Waals surface area contributed by atoms with Crippen molar-refractivity contribution in [1.29, 1.82) is 0 Å². The average Bonchev–Trinajstić information content (AvgIpc) is 3.16. The van der Waals surface area contributed by atoms with Crippen LogP contribution in [-0.4, -0.2) is 17.9 Å². The monoisotopic (exact) mass is 560 g/mol. The van der Waals surface area contributed by atoms with Crippen LogP contribution in [0.1, 0.15) is 40.9 Å². The smallest absolute Gasteiger partial charge is 0.343 e. The molecule has 0 unspecified atom stereocenters. The first-order chi connectivity index (χ1) is 18.2. The lowest BCUT2D eigenvalue weighted by atomic mass is 9.76. The summed E-state index contributed by atoms with van der Waals surface area (Å²) in [4.78, 5) is 35.4. The SMILES string of the molecule is CC(=O)Oc1c(F)cc2c(c1F)Oc1c(cc(F)c(OC(C)=O)c1F)C21OC(=O)c2c(F)c(F)c(F)c(F)c21. The highest BCUT2D eigenvalue weighted by atomic mass is 19.2. The van der Waals surface area contributed by atoms with E-state index in [-0.39, 0.29) is 12.1 Å². The molecule has 2 heterocycles. The van der Waals surface area contributed by atoms with Gasteiger partial charge in [-0.25, -0.2) is 31.1 Å². The minimum absolute atomic E-state index is 0.219. The van der Waals surface area contributed by atoms with Crippen molar-refractivity contribution in [3.8, 4) is 23.0 Å². The summed E-state index contributed by atoms with van der Waals surface area (Å²) < 4.78 is 138. The van der Waals surface area contributed by atoms with Crippen LogP contribution in [-0.2, 0) is 19.9 Å². The zero-order chi connectivity index (χ0) is 28.7. The number of halogens is 8. The molecule has 2 aliphatic heterocycles. The van der Waals surface area contributed by atoms with E-state index in [4.69, 9.17) is 9.47 Å². The highest BCUT2D eigenvalue weighted by Gasteiger charge is 2.60. The molecule has 7 nitrogen and oxygen atoms in total. The Morgan fingerprint density at radius 2 is 1.13 bits per heavy atom. The maximum absolute atomic E-state index is 15.5. The molecule has 0 radical (unpaired) electrons. The molecule has 0 atom stereocenters. The molecule has 39 heavy (non-hydrogen) atoms. The third kappa shape index (κ3) is 3.38. The molecule has 0 fully saturated rings. The molecule has 3 aromatic rings. The van der Waals surface area contributed by atoms with Crippen LogP contribution < -0.4 is 14.2 Å². The van der Waals surface area contributed by atoms with Crippen LogP contribution in [0.25, 0.3) is 0 Å². The fraction of sp³-hybridized carbons (Fsp3) is 0.125. The topological polar surface area (TPSA) is 88.1 Å². The Morgan fingerprint density at radius 3 is 1.56 bits per heavy atom. The van der Waals surface area contributed by atoms with Crippen molar-refractivity contribution in [2.45, 2.75) is 19.4 Å². The maximum atomic E-state index is 15.5. The summed E-state index contributed by atoms with van der Waals surface area (Å²) >= 11 is 0. The lowest BCUT2D eigenvalue weighted by molar-refractivity contribution is -0.133. The minimum atomic E-state index is -3.30. The number of carbonyl (C=O) groups is 3. The quantitative estimate of drug-likeness (QED) is 0.140. The van der Waals surface area contributed by atoms with Crippen LogP contribution >= 0.6 is 0 Å². The maximum Gasteiger partial charge on any atom is 0.343 e. The number of carbonyl (C=O) groups excluding carboxylic acids is 3. The molecule has 0 N–H and O–H groups in total. The van der Waals surface area contributed by atoms with Gasteiger partial charge in [-0.15, -0.1) is 0 Å². The molecule has 0 aromatic heterocycles. The van der Waals surface area contributed by atoms with E-state index in [0.29, 0.717) is 0 Å². The highest BCUT2D eigenvalue weighted by molar-refractivity contribution is 5.97. The van der Waals surface area contributed by atoms with Crippen molar-refractivity contribution in [2.75, 3.05) is 0 Å². The molecule has 1 spiro atoms. The zero-order valence-corrected chi connectivity index (χ0v) is 19.0. The van der Waals surface area contributed by atoms with Crippen LogP contribution in [0.15, 0.2) is 12.1 Å². The Labute approximate surface area is 210 Å². The van der Waals surface area contributed by atoms with Gasteiger partial charge in [0.25, 0.3) is 0 Å². The molecule has 0 saturated carbocycles. The van der Waals surface area contributed by atoms with Gasteiger partial charge in [0.2, 0.25) is 23.1 Å². The first-order valence-electron chi connectivity index (χ1n) is 10.4. The standard InChI is InChI=1S/C24H8F8O7/c1-5(33)36-21-9(25)3-7-19(17(21)31)38-20-8(4-10(26)22(18(20)32)37-6(2)34)24(7)12-11(23(35)39-24)13(27)15(29)16(30)14(12)28/h3-4H,1-2H3. The summed E-state index contributed by atoms with van der Waals surface area (Å²) in [5.41, 5.74) is -8.71. The highest BCUT2D eigenvalue weighted by Crippen LogP contribution is 2.60. The second kappa shape index (κ2) is 8.41. The van der Waals surface area contributed by atoms with Crippen LogP contribution in [0, 0.1) is 46.5 Å². The molecule has 2 aliphatic rings. The summed E-state index contributed by atoms with van der Waals surface area (Å²) in [7, 11) is 0. The predicted octanol–water partition coefficient (Wildman–Crippen LogP) is 5.22. The van der Waals surface area contributed by atoms with E-state index >= 15 is 13.2 Å². The third-order valence-electron chi connectivity index (χ3n) is 5.79. The van der Waals surface area contributed by atoms with E-state index in [1.54, 1.807) is 0 Å². The van der Waals surface area contributed by atoms with Gasteiger partial charge < -0.3 is 18.9 Å². The Kier molecular flexibility index (Phi) is 5.59. The van der Waals surface area contributed by atoms with Gasteiger partial charge in [-0.05, 0) is 12.1 Å². The van der Waals surface area contributed by atoms with Gasteiger partial charge in [0.15, 0.2) is 52.0 Å². The number of fused-ring (bicyclic) bond motifs is 6. The Balaban J connectivity index is 1.99. The molecule has 202 valence electrons. The van der Waals surface area contributed by atoms with E-state index in [0.717, 1.165) is 13.8 Å². The van der Waals surface area contributed by atoms with Gasteiger partial charge in [0.1, 0.15) is 5.56 Å². The molecule has 15 heteroatoms. The average molecular weight is 560 g/mol. The fourth-order valence-electron chi connectivity index (χ4n) is 4.39. The molecular formula is C24H8F8O7. The first-order valence-corrected chi connectivity index (χ1v) is 10.4. The molecule has 0 bridgehead atoms. The van der Waals surface area contributed by atoms with Crippen LogP contribution in [0.4, 0.5) is 35.1 Å². The largest absolute Gasteiger partial charge is 0.450 e.